The molecule has 0 aromatic heterocycles. The first-order valence-corrected chi connectivity index (χ1v) is 4.68. The maximum absolute atomic E-state index is 10.4. The summed E-state index contributed by atoms with van der Waals surface area (Å²) in [6.07, 6.45) is 2.06. The molecule has 0 aromatic rings. The van der Waals surface area contributed by atoms with Crippen LogP contribution in [0, 0.1) is 0 Å². The summed E-state index contributed by atoms with van der Waals surface area (Å²) in [5.74, 6) is 0. The third kappa shape index (κ3) is 2.61. The van der Waals surface area contributed by atoms with Crippen LogP contribution in [0.5, 0.6) is 0 Å². The van der Waals surface area contributed by atoms with Crippen LogP contribution >= 0.6 is 0 Å². The minimum absolute atomic E-state index is 0.760. The average molecular weight is 165 g/mol. The quantitative estimate of drug-likeness (QED) is 0.539. The molecule has 5 nitrogen and oxygen atoms in total. The van der Waals surface area contributed by atoms with E-state index in [2.05, 4.69) is 4.83 Å². The minimum Gasteiger partial charge on any atom is -0.230 e. The summed E-state index contributed by atoms with van der Waals surface area (Å²) in [5, 5.41) is 6.34. The van der Waals surface area contributed by atoms with Crippen LogP contribution in [0.1, 0.15) is 12.8 Å². The first kappa shape index (κ1) is 7.93. The average Bonchev–Trinajstić information content (AvgIpc) is 2.12. The lowest BCUT2D eigenvalue weighted by atomic mass is 10.4. The summed E-state index contributed by atoms with van der Waals surface area (Å²) in [5.41, 5.74) is 0. The van der Waals surface area contributed by atoms with Gasteiger partial charge in [-0.05, 0) is 12.8 Å². The Morgan fingerprint density at radius 3 is 2.20 bits per heavy atom. The molecular weight excluding hydrogens is 154 g/mol. The molecule has 1 fully saturated rings. The number of hydrogen-bond donors (Lipinski definition) is 2. The van der Waals surface area contributed by atoms with Gasteiger partial charge in [0, 0.05) is 13.1 Å². The first-order chi connectivity index (χ1) is 4.58. The molecule has 0 aliphatic carbocycles. The van der Waals surface area contributed by atoms with E-state index < -0.39 is 10.2 Å². The van der Waals surface area contributed by atoms with Crippen molar-refractivity contribution in [3.63, 3.8) is 0 Å². The first-order valence-electron chi connectivity index (χ1n) is 3.13. The number of nitrogens with one attached hydrogen (secondary N) is 1. The molecular formula is C4H11N3O2S. The Bertz CT molecular complexity index is 195. The monoisotopic (exact) mass is 165 g/mol. The van der Waals surface area contributed by atoms with Gasteiger partial charge >= 0.3 is 0 Å². The van der Waals surface area contributed by atoms with E-state index >= 15 is 0 Å². The zero-order chi connectivity index (χ0) is 7.61. The van der Waals surface area contributed by atoms with Crippen LogP contribution in [0.25, 0.3) is 0 Å². The van der Waals surface area contributed by atoms with Crippen LogP contribution in [0.4, 0.5) is 0 Å². The number of nitrogens with two attached hydrogens (primary N) is 1. The summed E-state index contributed by atoms with van der Waals surface area (Å²) in [6.45, 7) is 1.52. The van der Waals surface area contributed by atoms with Crippen molar-refractivity contribution in [2.75, 3.05) is 13.1 Å². The highest BCUT2D eigenvalue weighted by Crippen LogP contribution is 2.03. The lowest BCUT2D eigenvalue weighted by Crippen LogP contribution is -2.43. The second-order valence-corrected chi connectivity index (χ2v) is 3.60. The van der Waals surface area contributed by atoms with Crippen molar-refractivity contribution in [3.8, 4) is 0 Å². The molecule has 1 rings (SSSR count). The molecule has 1 aliphatic heterocycles. The minimum atomic E-state index is -3.53. The number of nitrogens with zero attached hydrogens (tertiary/aromatic N) is 1. The van der Waals surface area contributed by atoms with Gasteiger partial charge in [-0.15, -0.1) is 4.83 Å². The molecule has 10 heavy (non-hydrogen) atoms. The fourth-order valence-electron chi connectivity index (χ4n) is 0.988. The van der Waals surface area contributed by atoms with Gasteiger partial charge < -0.3 is 0 Å². The van der Waals surface area contributed by atoms with Crippen LogP contribution in [-0.2, 0) is 10.2 Å². The smallest absolute Gasteiger partial charge is 0.230 e. The highest BCUT2D eigenvalue weighted by atomic mass is 32.2. The number of hydrogen-bond acceptors (Lipinski definition) is 3. The van der Waals surface area contributed by atoms with E-state index in [-0.39, 0.29) is 0 Å². The van der Waals surface area contributed by atoms with Gasteiger partial charge in [0.25, 0.3) is 10.2 Å². The van der Waals surface area contributed by atoms with E-state index in [9.17, 15) is 8.42 Å². The zero-order valence-corrected chi connectivity index (χ0v) is 6.39. The Kier molecular flexibility index (Phi) is 2.24. The Morgan fingerprint density at radius 2 is 1.80 bits per heavy atom. The van der Waals surface area contributed by atoms with Crippen LogP contribution in [0.2, 0.25) is 0 Å². The van der Waals surface area contributed by atoms with Gasteiger partial charge in [-0.25, -0.2) is 10.1 Å². The van der Waals surface area contributed by atoms with Gasteiger partial charge in [0.15, 0.2) is 0 Å². The van der Waals surface area contributed by atoms with Gasteiger partial charge in [-0.1, -0.05) is 0 Å². The van der Waals surface area contributed by atoms with E-state index in [4.69, 9.17) is 5.14 Å². The third-order valence-corrected chi connectivity index (χ3v) is 1.88. The van der Waals surface area contributed by atoms with E-state index in [1.165, 1.54) is 0 Å². The molecule has 0 unspecified atom stereocenters. The third-order valence-electron chi connectivity index (χ3n) is 1.36. The van der Waals surface area contributed by atoms with Crippen molar-refractivity contribution in [1.82, 2.24) is 9.84 Å². The summed E-state index contributed by atoms with van der Waals surface area (Å²) < 4.78 is 20.8. The van der Waals surface area contributed by atoms with Gasteiger partial charge in [0.2, 0.25) is 0 Å². The number of hydrazine groups is 1. The van der Waals surface area contributed by atoms with Gasteiger partial charge in [-0.3, -0.25) is 0 Å². The van der Waals surface area contributed by atoms with Crippen LogP contribution in [0.3, 0.4) is 0 Å². The lowest BCUT2D eigenvalue weighted by Gasteiger charge is -2.12. The largest absolute Gasteiger partial charge is 0.287 e. The molecule has 0 radical (unpaired) electrons. The van der Waals surface area contributed by atoms with Gasteiger partial charge in [0.05, 0.1) is 0 Å². The maximum Gasteiger partial charge on any atom is 0.287 e. The topological polar surface area (TPSA) is 75.4 Å². The van der Waals surface area contributed by atoms with Crippen LogP contribution < -0.4 is 9.97 Å². The molecule has 0 aromatic carbocycles. The van der Waals surface area contributed by atoms with Crippen LogP contribution in [-0.4, -0.2) is 26.5 Å². The Hall–Kier alpha value is -0.170. The van der Waals surface area contributed by atoms with Gasteiger partial charge in [0.1, 0.15) is 0 Å². The molecule has 1 saturated heterocycles. The molecule has 3 N–H and O–H groups in total. The van der Waals surface area contributed by atoms with E-state index in [0.29, 0.717) is 0 Å². The molecule has 0 spiro atoms. The SMILES string of the molecule is NS(=O)(=O)NN1CCCC1. The fraction of sp³-hybridized carbons (Fsp3) is 1.00. The zero-order valence-electron chi connectivity index (χ0n) is 5.58. The number of rotatable bonds is 2. The fourth-order valence-corrected chi connectivity index (χ4v) is 1.53. The van der Waals surface area contributed by atoms with Crippen molar-refractivity contribution in [3.05, 3.63) is 0 Å². The summed E-state index contributed by atoms with van der Waals surface area (Å²) in [4.78, 5) is 2.20. The van der Waals surface area contributed by atoms with Crippen LogP contribution in [0.15, 0.2) is 0 Å². The summed E-state index contributed by atoms with van der Waals surface area (Å²) in [6, 6.07) is 0. The molecule has 1 heterocycles. The summed E-state index contributed by atoms with van der Waals surface area (Å²) >= 11 is 0. The van der Waals surface area contributed by atoms with E-state index in [1.807, 2.05) is 0 Å². The van der Waals surface area contributed by atoms with Crippen molar-refractivity contribution in [1.29, 1.82) is 0 Å². The molecule has 0 saturated carbocycles. The van der Waals surface area contributed by atoms with Crippen molar-refractivity contribution in [2.24, 2.45) is 5.14 Å². The Labute approximate surface area is 60.3 Å². The maximum atomic E-state index is 10.4. The molecule has 60 valence electrons. The lowest BCUT2D eigenvalue weighted by molar-refractivity contribution is 0.300. The highest BCUT2D eigenvalue weighted by Gasteiger charge is 2.14. The molecule has 6 heteroatoms. The van der Waals surface area contributed by atoms with E-state index in [1.54, 1.807) is 5.01 Å². The van der Waals surface area contributed by atoms with Crippen molar-refractivity contribution >= 4 is 10.2 Å². The predicted octanol–water partition coefficient (Wildman–Crippen LogP) is -1.21. The van der Waals surface area contributed by atoms with Gasteiger partial charge in [-0.2, -0.15) is 8.42 Å². The Balaban J connectivity index is 2.38. The predicted molar refractivity (Wildman–Crippen MR) is 37.0 cm³/mol. The normalized spacial score (nSPS) is 21.7. The molecule has 0 amide bonds. The second-order valence-electron chi connectivity index (χ2n) is 2.33. The second kappa shape index (κ2) is 2.83. The molecule has 1 aliphatic rings. The Morgan fingerprint density at radius 1 is 1.30 bits per heavy atom. The molecule has 0 atom stereocenters. The summed E-state index contributed by atoms with van der Waals surface area (Å²) in [7, 11) is -3.53. The molecule has 0 bridgehead atoms. The highest BCUT2D eigenvalue weighted by molar-refractivity contribution is 7.87. The van der Waals surface area contributed by atoms with E-state index in [0.717, 1.165) is 25.9 Å². The standard InChI is InChI=1S/C4H11N3O2S/c5-10(8,9)6-7-3-1-2-4-7/h6H,1-4H2,(H2,5,8,9). The van der Waals surface area contributed by atoms with Crippen molar-refractivity contribution < 1.29 is 8.42 Å². The van der Waals surface area contributed by atoms with Crippen molar-refractivity contribution in [2.45, 2.75) is 12.8 Å².